The predicted molar refractivity (Wildman–Crippen MR) is 60.9 cm³/mol. The molecule has 0 spiro atoms. The molecule has 1 aromatic heterocycles. The van der Waals surface area contributed by atoms with E-state index in [-0.39, 0.29) is 10.5 Å². The molecule has 0 atom stereocenters. The Labute approximate surface area is 95.8 Å². The van der Waals surface area contributed by atoms with Gasteiger partial charge in [-0.1, -0.05) is 17.7 Å². The van der Waals surface area contributed by atoms with Gasteiger partial charge in [-0.15, -0.1) is 0 Å². The van der Waals surface area contributed by atoms with Crippen molar-refractivity contribution in [1.29, 1.82) is 0 Å². The van der Waals surface area contributed by atoms with Crippen LogP contribution in [0.2, 0.25) is 5.02 Å². The molecule has 0 radical (unpaired) electrons. The van der Waals surface area contributed by atoms with Crippen LogP contribution in [0.5, 0.6) is 0 Å². The summed E-state index contributed by atoms with van der Waals surface area (Å²) >= 11 is 5.69. The second-order valence-corrected chi connectivity index (χ2v) is 3.59. The molecule has 0 saturated carbocycles. The number of halogens is 1. The number of aromatic amines is 1. The maximum absolute atomic E-state index is 11.7. The van der Waals surface area contributed by atoms with Gasteiger partial charge in [0.2, 0.25) is 5.43 Å². The van der Waals surface area contributed by atoms with Gasteiger partial charge in [0.1, 0.15) is 5.02 Å². The third-order valence-electron chi connectivity index (χ3n) is 2.27. The number of H-pyrrole nitrogens is 1. The summed E-state index contributed by atoms with van der Waals surface area (Å²) in [4.78, 5) is 25.9. The molecule has 0 aliphatic heterocycles. The average molecular weight is 238 g/mol. The zero-order valence-corrected chi connectivity index (χ0v) is 9.17. The molecule has 1 aromatic carbocycles. The fourth-order valence-electron chi connectivity index (χ4n) is 1.51. The Hall–Kier alpha value is -1.81. The number of fused-ring (bicyclic) bond motifs is 1. The van der Waals surface area contributed by atoms with Crippen LogP contribution in [0.25, 0.3) is 10.9 Å². The molecule has 0 aliphatic carbocycles. The number of carbonyl (C=O) groups is 1. The van der Waals surface area contributed by atoms with Gasteiger partial charge in [-0.05, 0) is 12.1 Å². The maximum Gasteiger partial charge on any atom is 0.339 e. The Bertz CT molecular complexity index is 618. The van der Waals surface area contributed by atoms with Crippen LogP contribution in [0.1, 0.15) is 10.4 Å². The largest absolute Gasteiger partial charge is 0.465 e. The second kappa shape index (κ2) is 3.98. The molecule has 0 aliphatic rings. The lowest BCUT2D eigenvalue weighted by atomic mass is 10.1. The molecule has 0 unspecified atom stereocenters. The third kappa shape index (κ3) is 1.57. The number of hydrogen-bond donors (Lipinski definition) is 1. The zero-order chi connectivity index (χ0) is 11.7. The highest BCUT2D eigenvalue weighted by Gasteiger charge is 2.12. The molecule has 4 nitrogen and oxygen atoms in total. The Morgan fingerprint density at radius 2 is 2.19 bits per heavy atom. The Morgan fingerprint density at radius 3 is 2.88 bits per heavy atom. The highest BCUT2D eigenvalue weighted by Crippen LogP contribution is 2.16. The molecule has 82 valence electrons. The van der Waals surface area contributed by atoms with Crippen molar-refractivity contribution in [2.45, 2.75) is 0 Å². The quantitative estimate of drug-likeness (QED) is 0.772. The highest BCUT2D eigenvalue weighted by molar-refractivity contribution is 6.31. The van der Waals surface area contributed by atoms with E-state index in [4.69, 9.17) is 11.6 Å². The van der Waals surface area contributed by atoms with Gasteiger partial charge in [-0.3, -0.25) is 4.79 Å². The number of pyridine rings is 1. The Balaban J connectivity index is 2.85. The van der Waals surface area contributed by atoms with E-state index in [1.54, 1.807) is 18.2 Å². The van der Waals surface area contributed by atoms with Crippen molar-refractivity contribution in [3.05, 3.63) is 45.2 Å². The average Bonchev–Trinajstić information content (AvgIpc) is 2.32. The minimum atomic E-state index is -0.497. The molecule has 2 rings (SSSR count). The first-order valence-corrected chi connectivity index (χ1v) is 4.91. The van der Waals surface area contributed by atoms with E-state index in [1.807, 2.05) is 0 Å². The summed E-state index contributed by atoms with van der Waals surface area (Å²) in [7, 11) is 1.29. The number of methoxy groups -OCH3 is 1. The van der Waals surface area contributed by atoms with Crippen LogP contribution in [-0.4, -0.2) is 18.1 Å². The number of para-hydroxylation sites is 1. The molecule has 0 fully saturated rings. The minimum absolute atomic E-state index is 0.0921. The van der Waals surface area contributed by atoms with Crippen LogP contribution >= 0.6 is 11.6 Å². The first-order chi connectivity index (χ1) is 7.65. The van der Waals surface area contributed by atoms with E-state index < -0.39 is 5.97 Å². The Kier molecular flexibility index (Phi) is 2.66. The number of benzene rings is 1. The Morgan fingerprint density at radius 1 is 1.44 bits per heavy atom. The normalized spacial score (nSPS) is 10.4. The molecule has 1 N–H and O–H groups in total. The van der Waals surface area contributed by atoms with Gasteiger partial charge in [0.15, 0.2) is 0 Å². The van der Waals surface area contributed by atoms with Crippen LogP contribution in [0, 0.1) is 0 Å². The number of aromatic nitrogens is 1. The summed E-state index contributed by atoms with van der Waals surface area (Å²) < 4.78 is 4.62. The summed E-state index contributed by atoms with van der Waals surface area (Å²) in [5, 5.41) is 0.463. The van der Waals surface area contributed by atoms with Crippen LogP contribution < -0.4 is 5.43 Å². The van der Waals surface area contributed by atoms with Crippen LogP contribution in [0.15, 0.2) is 29.2 Å². The van der Waals surface area contributed by atoms with E-state index in [2.05, 4.69) is 9.72 Å². The highest BCUT2D eigenvalue weighted by atomic mass is 35.5. The molecule has 5 heteroatoms. The first-order valence-electron chi connectivity index (χ1n) is 4.53. The van der Waals surface area contributed by atoms with Gasteiger partial charge in [0.05, 0.1) is 18.2 Å². The van der Waals surface area contributed by atoms with Crippen molar-refractivity contribution in [2.24, 2.45) is 0 Å². The number of ether oxygens (including phenoxy) is 1. The number of hydrogen-bond acceptors (Lipinski definition) is 3. The van der Waals surface area contributed by atoms with E-state index in [0.29, 0.717) is 16.5 Å². The fraction of sp³-hybridized carbons (Fsp3) is 0.0909. The molecule has 0 saturated heterocycles. The summed E-state index contributed by atoms with van der Waals surface area (Å²) in [6, 6.07) is 4.80. The van der Waals surface area contributed by atoms with Gasteiger partial charge in [0.25, 0.3) is 0 Å². The molecule has 0 bridgehead atoms. The van der Waals surface area contributed by atoms with Crippen molar-refractivity contribution < 1.29 is 9.53 Å². The molecule has 2 aromatic rings. The number of carbonyl (C=O) groups excluding carboxylic acids is 1. The van der Waals surface area contributed by atoms with Gasteiger partial charge in [-0.2, -0.15) is 0 Å². The minimum Gasteiger partial charge on any atom is -0.465 e. The van der Waals surface area contributed by atoms with E-state index in [0.717, 1.165) is 0 Å². The fourth-order valence-corrected chi connectivity index (χ4v) is 1.66. The smallest absolute Gasteiger partial charge is 0.339 e. The zero-order valence-electron chi connectivity index (χ0n) is 8.41. The van der Waals surface area contributed by atoms with Crippen LogP contribution in [0.3, 0.4) is 0 Å². The van der Waals surface area contributed by atoms with Crippen molar-refractivity contribution in [3.8, 4) is 0 Å². The van der Waals surface area contributed by atoms with E-state index in [1.165, 1.54) is 13.3 Å². The maximum atomic E-state index is 11.7. The van der Waals surface area contributed by atoms with Gasteiger partial charge in [0, 0.05) is 11.6 Å². The summed E-state index contributed by atoms with van der Waals surface area (Å²) in [5.74, 6) is -0.497. The summed E-state index contributed by atoms with van der Waals surface area (Å²) in [6.45, 7) is 0. The lowest BCUT2D eigenvalue weighted by Crippen LogP contribution is -2.08. The molecule has 16 heavy (non-hydrogen) atoms. The lowest BCUT2D eigenvalue weighted by Gasteiger charge is -2.04. The standard InChI is InChI=1S/C11H8ClNO3/c1-16-11(15)7-4-2-3-6-9(7)13-5-8(12)10(6)14/h2-5H,1H3,(H,13,14). The third-order valence-corrected chi connectivity index (χ3v) is 2.56. The molecule has 0 amide bonds. The molecular weight excluding hydrogens is 230 g/mol. The SMILES string of the molecule is COC(=O)c1cccc2c(=O)c(Cl)c[nH]c12. The summed E-state index contributed by atoms with van der Waals surface area (Å²) in [5.41, 5.74) is 0.443. The second-order valence-electron chi connectivity index (χ2n) is 3.19. The monoisotopic (exact) mass is 237 g/mol. The van der Waals surface area contributed by atoms with Crippen LogP contribution in [0.4, 0.5) is 0 Å². The number of esters is 1. The van der Waals surface area contributed by atoms with Crippen molar-refractivity contribution in [2.75, 3.05) is 7.11 Å². The van der Waals surface area contributed by atoms with Crippen LogP contribution in [-0.2, 0) is 4.74 Å². The first kappa shape index (κ1) is 10.7. The predicted octanol–water partition coefficient (Wildman–Crippen LogP) is 1.97. The van der Waals surface area contributed by atoms with Gasteiger partial charge < -0.3 is 9.72 Å². The number of rotatable bonds is 1. The van der Waals surface area contributed by atoms with E-state index >= 15 is 0 Å². The van der Waals surface area contributed by atoms with Crippen molar-refractivity contribution in [3.63, 3.8) is 0 Å². The van der Waals surface area contributed by atoms with Crippen molar-refractivity contribution >= 4 is 28.5 Å². The van der Waals surface area contributed by atoms with Crippen molar-refractivity contribution in [1.82, 2.24) is 4.98 Å². The van der Waals surface area contributed by atoms with Gasteiger partial charge in [-0.25, -0.2) is 4.79 Å². The van der Waals surface area contributed by atoms with Gasteiger partial charge >= 0.3 is 5.97 Å². The summed E-state index contributed by atoms with van der Waals surface area (Å²) in [6.07, 6.45) is 1.36. The lowest BCUT2D eigenvalue weighted by molar-refractivity contribution is 0.0603. The van der Waals surface area contributed by atoms with E-state index in [9.17, 15) is 9.59 Å². The number of nitrogens with one attached hydrogen (secondary N) is 1. The topological polar surface area (TPSA) is 59.2 Å². The molecular formula is C11H8ClNO3. The molecule has 1 heterocycles.